The van der Waals surface area contributed by atoms with Crippen molar-refractivity contribution in [3.63, 3.8) is 0 Å². The van der Waals surface area contributed by atoms with Gasteiger partial charge in [-0.05, 0) is 12.1 Å². The average Bonchev–Trinajstić information content (AvgIpc) is 2.28. The minimum absolute atomic E-state index is 0.237. The van der Waals surface area contributed by atoms with Crippen LogP contribution in [0.5, 0.6) is 11.5 Å². The summed E-state index contributed by atoms with van der Waals surface area (Å²) in [7, 11) is 1.26. The molecule has 1 aromatic rings. The highest BCUT2D eigenvalue weighted by atomic mass is 16.5. The van der Waals surface area contributed by atoms with Crippen LogP contribution in [-0.2, 0) is 4.74 Å². The maximum atomic E-state index is 11.3. The van der Waals surface area contributed by atoms with Crippen LogP contribution in [0, 0.1) is 25.1 Å². The van der Waals surface area contributed by atoms with E-state index < -0.39 is 5.97 Å². The first kappa shape index (κ1) is 11.5. The molecule has 0 aliphatic carbocycles. The molecule has 0 aliphatic rings. The highest BCUT2D eigenvalue weighted by Crippen LogP contribution is 2.23. The van der Waals surface area contributed by atoms with Crippen LogP contribution in [-0.4, -0.2) is 13.1 Å². The molecule has 16 heavy (non-hydrogen) atoms. The minimum Gasteiger partial charge on any atom is -0.465 e. The van der Waals surface area contributed by atoms with Crippen LogP contribution in [0.15, 0.2) is 18.2 Å². The Morgan fingerprint density at radius 3 is 2.00 bits per heavy atom. The third kappa shape index (κ3) is 2.70. The summed E-state index contributed by atoms with van der Waals surface area (Å²) in [5.74, 6) is 0.00985. The molecule has 4 heteroatoms. The number of rotatable bonds is 3. The highest BCUT2D eigenvalue weighted by Gasteiger charge is 2.10. The van der Waals surface area contributed by atoms with Crippen LogP contribution < -0.4 is 9.47 Å². The summed E-state index contributed by atoms with van der Waals surface area (Å²) in [6, 6.07) is 4.32. The molecule has 0 aromatic heterocycles. The van der Waals surface area contributed by atoms with Gasteiger partial charge in [-0.15, -0.1) is 0 Å². The lowest BCUT2D eigenvalue weighted by atomic mass is 10.2. The van der Waals surface area contributed by atoms with Crippen molar-refractivity contribution in [2.75, 3.05) is 7.11 Å². The molecule has 0 bridgehead atoms. The predicted molar refractivity (Wildman–Crippen MR) is 56.7 cm³/mol. The zero-order valence-corrected chi connectivity index (χ0v) is 8.52. The topological polar surface area (TPSA) is 44.8 Å². The van der Waals surface area contributed by atoms with Crippen molar-refractivity contribution in [3.05, 3.63) is 23.8 Å². The summed E-state index contributed by atoms with van der Waals surface area (Å²) in [4.78, 5) is 11.3. The summed E-state index contributed by atoms with van der Waals surface area (Å²) in [6.07, 6.45) is 13.9. The van der Waals surface area contributed by atoms with E-state index in [9.17, 15) is 4.79 Å². The Bertz CT molecular complexity index is 443. The molecule has 4 nitrogen and oxygen atoms in total. The quantitative estimate of drug-likeness (QED) is 0.566. The third-order valence-electron chi connectivity index (χ3n) is 1.65. The lowest BCUT2D eigenvalue weighted by Gasteiger charge is -2.04. The number of carbonyl (C=O) groups is 1. The molecular formula is C12H8O4. The second kappa shape index (κ2) is 5.33. The van der Waals surface area contributed by atoms with Crippen LogP contribution in [0.1, 0.15) is 10.4 Å². The van der Waals surface area contributed by atoms with Crippen LogP contribution >= 0.6 is 0 Å². The predicted octanol–water partition coefficient (Wildman–Crippen LogP) is 1.41. The highest BCUT2D eigenvalue weighted by molar-refractivity contribution is 5.90. The summed E-state index contributed by atoms with van der Waals surface area (Å²) in [6.45, 7) is 0. The zero-order valence-electron chi connectivity index (χ0n) is 8.52. The van der Waals surface area contributed by atoms with E-state index >= 15 is 0 Å². The first-order chi connectivity index (χ1) is 7.71. The second-order valence-electron chi connectivity index (χ2n) is 2.62. The molecule has 0 spiro atoms. The standard InChI is InChI=1S/C12H8O4/c1-4-15-10-6-9(12(13)14-3)7-11(8-10)16-5-2/h1-2,6-8H,3H3. The molecular weight excluding hydrogens is 208 g/mol. The van der Waals surface area contributed by atoms with Gasteiger partial charge in [0.15, 0.2) is 0 Å². The zero-order chi connectivity index (χ0) is 12.0. The van der Waals surface area contributed by atoms with E-state index in [0.29, 0.717) is 0 Å². The molecule has 1 aromatic carbocycles. The van der Waals surface area contributed by atoms with E-state index in [2.05, 4.69) is 4.74 Å². The maximum absolute atomic E-state index is 11.3. The molecule has 0 heterocycles. The lowest BCUT2D eigenvalue weighted by Crippen LogP contribution is -2.02. The molecule has 0 fully saturated rings. The number of terminal acetylenes is 2. The van der Waals surface area contributed by atoms with Crippen molar-refractivity contribution in [1.29, 1.82) is 0 Å². The molecule has 0 N–H and O–H groups in total. The number of hydrogen-bond donors (Lipinski definition) is 0. The molecule has 0 atom stereocenters. The summed E-state index contributed by atoms with van der Waals surface area (Å²) in [5.41, 5.74) is 0.237. The van der Waals surface area contributed by atoms with E-state index in [4.69, 9.17) is 22.3 Å². The number of ether oxygens (including phenoxy) is 3. The molecule has 0 amide bonds. The number of carbonyl (C=O) groups excluding carboxylic acids is 1. The van der Waals surface area contributed by atoms with Crippen molar-refractivity contribution >= 4 is 5.97 Å². The Labute approximate surface area is 93.1 Å². The van der Waals surface area contributed by atoms with Gasteiger partial charge in [0.25, 0.3) is 0 Å². The van der Waals surface area contributed by atoms with Crippen molar-refractivity contribution in [3.8, 4) is 36.6 Å². The largest absolute Gasteiger partial charge is 0.465 e. The first-order valence-corrected chi connectivity index (χ1v) is 4.19. The number of methoxy groups -OCH3 is 1. The SMILES string of the molecule is C#COc1cc(OC#C)cc(C(=O)OC)c1. The fourth-order valence-electron chi connectivity index (χ4n) is 1.06. The Morgan fingerprint density at radius 2 is 1.62 bits per heavy atom. The molecule has 0 saturated carbocycles. The van der Waals surface area contributed by atoms with Gasteiger partial charge < -0.3 is 14.2 Å². The van der Waals surface area contributed by atoms with E-state index in [1.807, 2.05) is 12.2 Å². The molecule has 0 unspecified atom stereocenters. The van der Waals surface area contributed by atoms with Gasteiger partial charge >= 0.3 is 5.97 Å². The minimum atomic E-state index is -0.538. The molecule has 0 saturated heterocycles. The van der Waals surface area contributed by atoms with Crippen LogP contribution in [0.4, 0.5) is 0 Å². The number of benzene rings is 1. The van der Waals surface area contributed by atoms with Gasteiger partial charge in [-0.1, -0.05) is 12.8 Å². The van der Waals surface area contributed by atoms with Crippen LogP contribution in [0.3, 0.4) is 0 Å². The smallest absolute Gasteiger partial charge is 0.338 e. The van der Waals surface area contributed by atoms with Crippen molar-refractivity contribution < 1.29 is 19.0 Å². The Balaban J connectivity index is 3.14. The number of hydrogen-bond acceptors (Lipinski definition) is 4. The van der Waals surface area contributed by atoms with Crippen molar-refractivity contribution in [2.24, 2.45) is 0 Å². The molecule has 1 rings (SSSR count). The summed E-state index contributed by atoms with van der Waals surface area (Å²) in [5, 5.41) is 0. The summed E-state index contributed by atoms with van der Waals surface area (Å²) >= 11 is 0. The lowest BCUT2D eigenvalue weighted by molar-refractivity contribution is 0.0600. The second-order valence-corrected chi connectivity index (χ2v) is 2.62. The van der Waals surface area contributed by atoms with Gasteiger partial charge in [0.1, 0.15) is 23.7 Å². The van der Waals surface area contributed by atoms with E-state index in [1.54, 1.807) is 0 Å². The molecule has 0 radical (unpaired) electrons. The van der Waals surface area contributed by atoms with Gasteiger partial charge in [0, 0.05) is 6.07 Å². The third-order valence-corrected chi connectivity index (χ3v) is 1.65. The summed E-state index contributed by atoms with van der Waals surface area (Å²) < 4.78 is 14.1. The van der Waals surface area contributed by atoms with Crippen molar-refractivity contribution in [1.82, 2.24) is 0 Å². The first-order valence-electron chi connectivity index (χ1n) is 4.19. The van der Waals surface area contributed by atoms with Crippen molar-refractivity contribution in [2.45, 2.75) is 0 Å². The Kier molecular flexibility index (Phi) is 3.83. The molecule has 80 valence electrons. The fourth-order valence-corrected chi connectivity index (χ4v) is 1.06. The van der Waals surface area contributed by atoms with Gasteiger partial charge in [-0.25, -0.2) is 4.79 Å². The Morgan fingerprint density at radius 1 is 1.12 bits per heavy atom. The van der Waals surface area contributed by atoms with Gasteiger partial charge in [-0.2, -0.15) is 0 Å². The number of esters is 1. The van der Waals surface area contributed by atoms with E-state index in [0.717, 1.165) is 0 Å². The van der Waals surface area contributed by atoms with Gasteiger partial charge in [0.05, 0.1) is 12.7 Å². The average molecular weight is 216 g/mol. The monoisotopic (exact) mass is 216 g/mol. The molecule has 0 aliphatic heterocycles. The van der Waals surface area contributed by atoms with Gasteiger partial charge in [0.2, 0.25) is 0 Å². The van der Waals surface area contributed by atoms with Crippen LogP contribution in [0.2, 0.25) is 0 Å². The van der Waals surface area contributed by atoms with Gasteiger partial charge in [-0.3, -0.25) is 0 Å². The fraction of sp³-hybridized carbons (Fsp3) is 0.0833. The normalized spacial score (nSPS) is 8.44. The van der Waals surface area contributed by atoms with E-state index in [-0.39, 0.29) is 17.1 Å². The Hall–Kier alpha value is -2.59. The van der Waals surface area contributed by atoms with Crippen LogP contribution in [0.25, 0.3) is 0 Å². The van der Waals surface area contributed by atoms with E-state index in [1.165, 1.54) is 25.3 Å². The maximum Gasteiger partial charge on any atom is 0.338 e.